The minimum atomic E-state index is -0.997. The maximum atomic E-state index is 11.1. The predicted octanol–water partition coefficient (Wildman–Crippen LogP) is 3.15. The first-order valence-electron chi connectivity index (χ1n) is 4.98. The number of carbonyl (C=O) groups is 1. The van der Waals surface area contributed by atoms with Gasteiger partial charge >= 0.3 is 5.97 Å². The summed E-state index contributed by atoms with van der Waals surface area (Å²) in [5.74, 6) is -0.379. The van der Waals surface area contributed by atoms with Crippen molar-refractivity contribution in [2.75, 3.05) is 0 Å². The van der Waals surface area contributed by atoms with Gasteiger partial charge in [-0.05, 0) is 33.4 Å². The number of carboxylic acids is 1. The molecule has 0 saturated carbocycles. The molecule has 0 spiro atoms. The van der Waals surface area contributed by atoms with Crippen molar-refractivity contribution in [1.82, 2.24) is 15.0 Å². The van der Waals surface area contributed by atoms with Crippen molar-refractivity contribution in [2.24, 2.45) is 0 Å². The summed E-state index contributed by atoms with van der Waals surface area (Å²) < 4.78 is 0.920. The molecule has 0 aliphatic carbocycles. The lowest BCUT2D eigenvalue weighted by Gasteiger charge is -1.94. The van der Waals surface area contributed by atoms with E-state index in [2.05, 4.69) is 30.9 Å². The number of fused-ring (bicyclic) bond motifs is 1. The van der Waals surface area contributed by atoms with E-state index < -0.39 is 5.97 Å². The average Bonchev–Trinajstić information content (AvgIpc) is 2.92. The van der Waals surface area contributed by atoms with Gasteiger partial charge in [-0.1, -0.05) is 0 Å². The standard InChI is InChI=1S/C11H6BrN3O2S/c12-6-2-4-18-8(6)10-14-7-5(11(16)17)1-3-13-9(7)15-10/h1-4H,(H,16,17)(H,13,14,15). The SMILES string of the molecule is O=C(O)c1ccnc2nc(-c3sccc3Br)[nH]c12. The zero-order chi connectivity index (χ0) is 12.7. The lowest BCUT2D eigenvalue weighted by atomic mass is 10.2. The highest BCUT2D eigenvalue weighted by molar-refractivity contribution is 9.10. The van der Waals surface area contributed by atoms with E-state index in [1.54, 1.807) is 0 Å². The quantitative estimate of drug-likeness (QED) is 0.759. The molecule has 0 radical (unpaired) electrons. The normalized spacial score (nSPS) is 10.9. The summed E-state index contributed by atoms with van der Waals surface area (Å²) in [5.41, 5.74) is 1.02. The molecule has 3 aromatic heterocycles. The summed E-state index contributed by atoms with van der Waals surface area (Å²) in [6.45, 7) is 0. The third kappa shape index (κ3) is 1.72. The Labute approximate surface area is 114 Å². The van der Waals surface area contributed by atoms with Gasteiger partial charge in [-0.2, -0.15) is 0 Å². The van der Waals surface area contributed by atoms with Gasteiger partial charge in [0.25, 0.3) is 0 Å². The highest BCUT2D eigenvalue weighted by Gasteiger charge is 2.15. The Kier molecular flexibility index (Phi) is 2.64. The number of thiophene rings is 1. The number of hydrogen-bond donors (Lipinski definition) is 2. The number of aromatic nitrogens is 3. The van der Waals surface area contributed by atoms with E-state index in [9.17, 15) is 4.79 Å². The number of aromatic carboxylic acids is 1. The molecule has 5 nitrogen and oxygen atoms in total. The number of halogens is 1. The molecule has 0 amide bonds. The van der Waals surface area contributed by atoms with Crippen LogP contribution < -0.4 is 0 Å². The number of hydrogen-bond acceptors (Lipinski definition) is 4. The van der Waals surface area contributed by atoms with Crippen molar-refractivity contribution in [3.63, 3.8) is 0 Å². The van der Waals surface area contributed by atoms with Gasteiger partial charge in [0, 0.05) is 10.7 Å². The van der Waals surface area contributed by atoms with Crippen LogP contribution in [0.4, 0.5) is 0 Å². The molecule has 3 heterocycles. The third-order valence-electron chi connectivity index (χ3n) is 2.45. The number of H-pyrrole nitrogens is 1. The summed E-state index contributed by atoms with van der Waals surface area (Å²) in [7, 11) is 0. The third-order valence-corrected chi connectivity index (χ3v) is 4.30. The van der Waals surface area contributed by atoms with E-state index >= 15 is 0 Å². The number of nitrogens with zero attached hydrogens (tertiary/aromatic N) is 2. The molecule has 0 bridgehead atoms. The van der Waals surface area contributed by atoms with E-state index in [1.807, 2.05) is 11.4 Å². The molecule has 18 heavy (non-hydrogen) atoms. The first kappa shape index (κ1) is 11.4. The fraction of sp³-hybridized carbons (Fsp3) is 0. The van der Waals surface area contributed by atoms with Crippen molar-refractivity contribution in [1.29, 1.82) is 0 Å². The molecule has 0 aliphatic rings. The number of pyridine rings is 1. The molecule has 0 fully saturated rings. The molecule has 0 aliphatic heterocycles. The summed E-state index contributed by atoms with van der Waals surface area (Å²) in [6, 6.07) is 3.37. The van der Waals surface area contributed by atoms with Gasteiger partial charge in [-0.3, -0.25) is 0 Å². The van der Waals surface area contributed by atoms with E-state index in [1.165, 1.54) is 23.6 Å². The van der Waals surface area contributed by atoms with Crippen LogP contribution in [0.1, 0.15) is 10.4 Å². The highest BCUT2D eigenvalue weighted by Crippen LogP contribution is 2.32. The molecular formula is C11H6BrN3O2S. The molecule has 2 N–H and O–H groups in total. The van der Waals surface area contributed by atoms with Gasteiger partial charge in [-0.25, -0.2) is 14.8 Å². The Morgan fingerprint density at radius 2 is 2.28 bits per heavy atom. The minimum Gasteiger partial charge on any atom is -0.478 e. The number of rotatable bonds is 2. The maximum Gasteiger partial charge on any atom is 0.338 e. The molecule has 0 unspecified atom stereocenters. The van der Waals surface area contributed by atoms with Gasteiger partial charge in [0.1, 0.15) is 0 Å². The summed E-state index contributed by atoms with van der Waals surface area (Å²) in [5, 5.41) is 11.0. The molecule has 3 rings (SSSR count). The second-order valence-corrected chi connectivity index (χ2v) is 5.32. The Bertz CT molecular complexity index is 750. The number of carboxylic acid groups (broad SMARTS) is 1. The first-order valence-corrected chi connectivity index (χ1v) is 6.65. The maximum absolute atomic E-state index is 11.1. The monoisotopic (exact) mass is 323 g/mol. The topological polar surface area (TPSA) is 78.9 Å². The molecule has 3 aromatic rings. The van der Waals surface area contributed by atoms with Crippen LogP contribution in [0.15, 0.2) is 28.2 Å². The van der Waals surface area contributed by atoms with Crippen molar-refractivity contribution in [3.05, 3.63) is 33.7 Å². The van der Waals surface area contributed by atoms with Crippen molar-refractivity contribution < 1.29 is 9.90 Å². The van der Waals surface area contributed by atoms with Crippen molar-refractivity contribution in [2.45, 2.75) is 0 Å². The molecule has 90 valence electrons. The first-order chi connectivity index (χ1) is 8.66. The van der Waals surface area contributed by atoms with Crippen LogP contribution in [0.3, 0.4) is 0 Å². The highest BCUT2D eigenvalue weighted by atomic mass is 79.9. The van der Waals surface area contributed by atoms with Crippen LogP contribution in [0.5, 0.6) is 0 Å². The van der Waals surface area contributed by atoms with E-state index in [0.29, 0.717) is 17.0 Å². The molecular weight excluding hydrogens is 318 g/mol. The Morgan fingerprint density at radius 3 is 2.94 bits per heavy atom. The molecule has 0 atom stereocenters. The van der Waals surface area contributed by atoms with Crippen LogP contribution in [0.25, 0.3) is 21.9 Å². The van der Waals surface area contributed by atoms with Gasteiger partial charge < -0.3 is 10.1 Å². The van der Waals surface area contributed by atoms with Crippen LogP contribution in [0.2, 0.25) is 0 Å². The Morgan fingerprint density at radius 1 is 1.44 bits per heavy atom. The smallest absolute Gasteiger partial charge is 0.338 e. The molecule has 0 aromatic carbocycles. The number of aromatic amines is 1. The van der Waals surface area contributed by atoms with Crippen LogP contribution in [-0.4, -0.2) is 26.0 Å². The second-order valence-electron chi connectivity index (χ2n) is 3.55. The lowest BCUT2D eigenvalue weighted by Crippen LogP contribution is -1.97. The number of imidazole rings is 1. The van der Waals surface area contributed by atoms with Gasteiger partial charge in [0.15, 0.2) is 11.5 Å². The fourth-order valence-electron chi connectivity index (χ4n) is 1.66. The van der Waals surface area contributed by atoms with Gasteiger partial charge in [0.05, 0.1) is 16.0 Å². The van der Waals surface area contributed by atoms with Crippen LogP contribution in [-0.2, 0) is 0 Å². The second kappa shape index (κ2) is 4.18. The van der Waals surface area contributed by atoms with Crippen molar-refractivity contribution >= 4 is 44.4 Å². The Balaban J connectivity index is 2.26. The van der Waals surface area contributed by atoms with Crippen molar-refractivity contribution in [3.8, 4) is 10.7 Å². The molecule has 7 heteroatoms. The van der Waals surface area contributed by atoms with Crippen LogP contribution in [0, 0.1) is 0 Å². The number of nitrogens with one attached hydrogen (secondary N) is 1. The predicted molar refractivity (Wildman–Crippen MR) is 71.9 cm³/mol. The fourth-order valence-corrected chi connectivity index (χ4v) is 3.16. The lowest BCUT2D eigenvalue weighted by molar-refractivity contribution is 0.0699. The van der Waals surface area contributed by atoms with E-state index in [4.69, 9.17) is 5.11 Å². The van der Waals surface area contributed by atoms with Gasteiger partial charge in [-0.15, -0.1) is 11.3 Å². The summed E-state index contributed by atoms with van der Waals surface area (Å²) in [4.78, 5) is 23.4. The van der Waals surface area contributed by atoms with E-state index in [0.717, 1.165) is 9.35 Å². The minimum absolute atomic E-state index is 0.173. The van der Waals surface area contributed by atoms with Gasteiger partial charge in [0.2, 0.25) is 0 Å². The zero-order valence-electron chi connectivity index (χ0n) is 8.85. The van der Waals surface area contributed by atoms with Crippen LogP contribution >= 0.6 is 27.3 Å². The largest absolute Gasteiger partial charge is 0.478 e. The summed E-state index contributed by atoms with van der Waals surface area (Å²) in [6.07, 6.45) is 1.44. The van der Waals surface area contributed by atoms with E-state index in [-0.39, 0.29) is 5.56 Å². The average molecular weight is 324 g/mol. The zero-order valence-corrected chi connectivity index (χ0v) is 11.2. The molecule has 0 saturated heterocycles. The summed E-state index contributed by atoms with van der Waals surface area (Å²) >= 11 is 4.94. The Hall–Kier alpha value is -1.73.